The number of rotatable bonds is 7. The number of nitrogens with one attached hydrogen (secondary N) is 1. The van der Waals surface area contributed by atoms with Gasteiger partial charge in [-0.05, 0) is 43.4 Å². The molecular formula is C18H23F3N6O2S2. The summed E-state index contributed by atoms with van der Waals surface area (Å²) >= 11 is 1.13. The van der Waals surface area contributed by atoms with E-state index in [0.29, 0.717) is 5.92 Å². The van der Waals surface area contributed by atoms with E-state index in [0.717, 1.165) is 42.0 Å². The van der Waals surface area contributed by atoms with Gasteiger partial charge in [-0.1, -0.05) is 25.2 Å². The largest absolute Gasteiger partial charge is 0.404 e. The van der Waals surface area contributed by atoms with Gasteiger partial charge < -0.3 is 4.90 Å². The van der Waals surface area contributed by atoms with Crippen LogP contribution in [0.1, 0.15) is 32.8 Å². The van der Waals surface area contributed by atoms with Crippen molar-refractivity contribution >= 4 is 43.6 Å². The zero-order valence-corrected chi connectivity index (χ0v) is 18.9. The smallest absolute Gasteiger partial charge is 0.368 e. The minimum absolute atomic E-state index is 0.0564. The number of azo groups is 1. The third kappa shape index (κ3) is 6.35. The minimum Gasteiger partial charge on any atom is -0.368 e. The Balaban J connectivity index is 2.05. The number of benzene rings is 1. The molecule has 0 bridgehead atoms. The van der Waals surface area contributed by atoms with Gasteiger partial charge in [0, 0.05) is 18.3 Å². The summed E-state index contributed by atoms with van der Waals surface area (Å²) in [5.41, 5.74) is 3.24. The molecule has 8 nitrogen and oxygen atoms in total. The molecule has 1 unspecified atom stereocenters. The minimum atomic E-state index is -4.87. The molecule has 0 saturated carbocycles. The van der Waals surface area contributed by atoms with E-state index in [1.807, 2.05) is 0 Å². The lowest BCUT2D eigenvalue weighted by Gasteiger charge is -2.38. The van der Waals surface area contributed by atoms with Crippen LogP contribution in [0.15, 0.2) is 27.9 Å². The summed E-state index contributed by atoms with van der Waals surface area (Å²) in [6.45, 7) is 6.94. The molecule has 2 heterocycles. The molecule has 0 saturated heterocycles. The Labute approximate surface area is 182 Å². The highest BCUT2D eigenvalue weighted by atomic mass is 32.2. The number of fused-ring (bicyclic) bond motifs is 1. The highest BCUT2D eigenvalue weighted by molar-refractivity contribution is 7.92. The van der Waals surface area contributed by atoms with Crippen LogP contribution in [0.2, 0.25) is 0 Å². The third-order valence-electron chi connectivity index (χ3n) is 4.64. The van der Waals surface area contributed by atoms with Crippen LogP contribution in [0.4, 0.5) is 35.4 Å². The summed E-state index contributed by atoms with van der Waals surface area (Å²) in [6, 6.07) is 3.43. The fourth-order valence-corrected chi connectivity index (χ4v) is 4.78. The van der Waals surface area contributed by atoms with Crippen molar-refractivity contribution in [3.05, 3.63) is 23.2 Å². The fourth-order valence-electron chi connectivity index (χ4n) is 3.41. The summed E-state index contributed by atoms with van der Waals surface area (Å²) in [6.07, 6.45) is -3.24. The van der Waals surface area contributed by atoms with Gasteiger partial charge in [-0.2, -0.15) is 13.2 Å². The number of hydrogen-bond donors (Lipinski definition) is 1. The first-order valence-electron chi connectivity index (χ1n) is 9.62. The number of halogens is 3. The van der Waals surface area contributed by atoms with Crippen molar-refractivity contribution in [2.45, 2.75) is 45.8 Å². The average molecular weight is 477 g/mol. The second kappa shape index (κ2) is 9.07. The average Bonchev–Trinajstić information content (AvgIpc) is 3.13. The van der Waals surface area contributed by atoms with Gasteiger partial charge in [0.1, 0.15) is 11.2 Å². The second-order valence-electron chi connectivity index (χ2n) is 7.83. The molecule has 0 radical (unpaired) electrons. The normalized spacial score (nSPS) is 17.4. The monoisotopic (exact) mass is 476 g/mol. The van der Waals surface area contributed by atoms with Crippen molar-refractivity contribution < 1.29 is 21.6 Å². The molecule has 1 aromatic carbocycles. The van der Waals surface area contributed by atoms with Gasteiger partial charge in [0.25, 0.3) is 5.13 Å². The topological polar surface area (TPSA) is 99.9 Å². The maximum Gasteiger partial charge on any atom is 0.404 e. The van der Waals surface area contributed by atoms with Gasteiger partial charge in [-0.3, -0.25) is 4.72 Å². The lowest BCUT2D eigenvalue weighted by atomic mass is 9.94. The van der Waals surface area contributed by atoms with E-state index in [-0.39, 0.29) is 22.5 Å². The Kier molecular flexibility index (Phi) is 6.84. The standard InChI is InChI=1S/C18H23F3N6O2S2/c1-11(2)8-27-12(3)4-5-13-6-14(23-25-17-24-22-10-30-17)15(7-16(13)27)26-31(28,29)9-18(19,20)21/h6-7,10-12,26H,4-5,8-9H2,1-3H3. The Morgan fingerprint density at radius 3 is 2.68 bits per heavy atom. The van der Waals surface area contributed by atoms with Gasteiger partial charge in [-0.25, -0.2) is 8.42 Å². The Bertz CT molecular complexity index is 1040. The molecule has 13 heteroatoms. The van der Waals surface area contributed by atoms with Crippen LogP contribution in [-0.4, -0.2) is 43.1 Å². The van der Waals surface area contributed by atoms with Gasteiger partial charge in [-0.15, -0.1) is 20.4 Å². The zero-order valence-electron chi connectivity index (χ0n) is 17.2. The van der Waals surface area contributed by atoms with Crippen molar-refractivity contribution in [3.8, 4) is 0 Å². The molecule has 1 N–H and O–H groups in total. The summed E-state index contributed by atoms with van der Waals surface area (Å²) in [5, 5.41) is 15.6. The Morgan fingerprint density at radius 2 is 2.06 bits per heavy atom. The van der Waals surface area contributed by atoms with E-state index in [1.54, 1.807) is 12.1 Å². The summed E-state index contributed by atoms with van der Waals surface area (Å²) in [5.74, 6) is -1.65. The molecule has 0 amide bonds. The molecule has 0 spiro atoms. The van der Waals surface area contributed by atoms with Crippen molar-refractivity contribution in [1.82, 2.24) is 10.2 Å². The lowest BCUT2D eigenvalue weighted by molar-refractivity contribution is -0.106. The van der Waals surface area contributed by atoms with E-state index in [2.05, 4.69) is 50.8 Å². The number of anilines is 2. The summed E-state index contributed by atoms with van der Waals surface area (Å²) in [7, 11) is -4.69. The molecule has 1 atom stereocenters. The number of nitrogens with zero attached hydrogens (tertiary/aromatic N) is 5. The SMILES string of the molecule is CC(C)CN1c2cc(NS(=O)(=O)CC(F)(F)F)c(N=Nc3nncs3)cc2CCC1C. The van der Waals surface area contributed by atoms with Crippen LogP contribution in [0.5, 0.6) is 0 Å². The van der Waals surface area contributed by atoms with E-state index in [4.69, 9.17) is 0 Å². The van der Waals surface area contributed by atoms with Gasteiger partial charge >= 0.3 is 6.18 Å². The number of aryl methyl sites for hydroxylation is 1. The highest BCUT2D eigenvalue weighted by Gasteiger charge is 2.36. The molecule has 170 valence electrons. The molecule has 1 aliphatic heterocycles. The predicted molar refractivity (Wildman–Crippen MR) is 114 cm³/mol. The lowest BCUT2D eigenvalue weighted by Crippen LogP contribution is -2.39. The van der Waals surface area contributed by atoms with Crippen LogP contribution in [0.3, 0.4) is 0 Å². The van der Waals surface area contributed by atoms with Gasteiger partial charge in [0.05, 0.1) is 5.69 Å². The maximum atomic E-state index is 12.7. The Hall–Kier alpha value is -2.28. The van der Waals surface area contributed by atoms with Crippen LogP contribution >= 0.6 is 11.3 Å². The van der Waals surface area contributed by atoms with Crippen molar-refractivity contribution in [1.29, 1.82) is 0 Å². The molecule has 1 aromatic heterocycles. The van der Waals surface area contributed by atoms with E-state index in [9.17, 15) is 21.6 Å². The van der Waals surface area contributed by atoms with Crippen LogP contribution in [-0.2, 0) is 16.4 Å². The molecule has 3 rings (SSSR count). The second-order valence-corrected chi connectivity index (χ2v) is 10.4. The molecule has 0 fully saturated rings. The number of aromatic nitrogens is 2. The van der Waals surface area contributed by atoms with Gasteiger partial charge in [0.15, 0.2) is 5.75 Å². The molecule has 1 aliphatic rings. The molecule has 31 heavy (non-hydrogen) atoms. The highest BCUT2D eigenvalue weighted by Crippen LogP contribution is 2.40. The third-order valence-corrected chi connectivity index (χ3v) is 6.45. The first-order valence-corrected chi connectivity index (χ1v) is 12.2. The zero-order chi connectivity index (χ0) is 22.8. The van der Waals surface area contributed by atoms with Crippen LogP contribution in [0, 0.1) is 5.92 Å². The van der Waals surface area contributed by atoms with Crippen molar-refractivity contribution in [2.24, 2.45) is 16.1 Å². The maximum absolute atomic E-state index is 12.7. The van der Waals surface area contributed by atoms with Crippen LogP contribution < -0.4 is 9.62 Å². The summed E-state index contributed by atoms with van der Waals surface area (Å²) in [4.78, 5) is 2.15. The predicted octanol–water partition coefficient (Wildman–Crippen LogP) is 5.05. The van der Waals surface area contributed by atoms with E-state index in [1.165, 1.54) is 5.51 Å². The quantitative estimate of drug-likeness (QED) is 0.564. The van der Waals surface area contributed by atoms with E-state index < -0.39 is 22.0 Å². The van der Waals surface area contributed by atoms with Crippen LogP contribution in [0.25, 0.3) is 0 Å². The molecular weight excluding hydrogens is 453 g/mol. The fraction of sp³-hybridized carbons (Fsp3) is 0.556. The van der Waals surface area contributed by atoms with E-state index >= 15 is 0 Å². The first kappa shape index (κ1) is 23.4. The number of alkyl halides is 3. The van der Waals surface area contributed by atoms with Crippen molar-refractivity contribution in [3.63, 3.8) is 0 Å². The Morgan fingerprint density at radius 1 is 1.32 bits per heavy atom. The first-order chi connectivity index (χ1) is 14.4. The van der Waals surface area contributed by atoms with Crippen molar-refractivity contribution in [2.75, 3.05) is 21.9 Å². The number of hydrogen-bond acceptors (Lipinski definition) is 8. The molecule has 2 aromatic rings. The van der Waals surface area contributed by atoms with Gasteiger partial charge in [0.2, 0.25) is 10.0 Å². The molecule has 0 aliphatic carbocycles. The summed E-state index contributed by atoms with van der Waals surface area (Å²) < 4.78 is 64.6. The number of sulfonamides is 1.